The fraction of sp³-hybridized carbons (Fsp3) is 0.412. The van der Waals surface area contributed by atoms with Gasteiger partial charge in [0, 0.05) is 24.7 Å². The Bertz CT molecular complexity index is 1720. The summed E-state index contributed by atoms with van der Waals surface area (Å²) in [6.07, 6.45) is 4.84. The van der Waals surface area contributed by atoms with Crippen LogP contribution in [0, 0.1) is 0 Å². The van der Waals surface area contributed by atoms with Crippen LogP contribution in [0.15, 0.2) is 59.5 Å². The summed E-state index contributed by atoms with van der Waals surface area (Å²) in [5, 5.41) is 3.69. The number of rotatable bonds is 14. The highest BCUT2D eigenvalue weighted by molar-refractivity contribution is 7.92. The maximum absolute atomic E-state index is 14.5. The number of amides is 2. The van der Waals surface area contributed by atoms with Crippen LogP contribution in [-0.2, 0) is 26.2 Å². The first-order valence-corrected chi connectivity index (χ1v) is 17.6. The van der Waals surface area contributed by atoms with Gasteiger partial charge in [-0.25, -0.2) is 8.42 Å². The quantitative estimate of drug-likeness (QED) is 0.212. The normalized spacial score (nSPS) is 14.1. The van der Waals surface area contributed by atoms with Gasteiger partial charge in [-0.05, 0) is 61.7 Å². The molecule has 0 heterocycles. The van der Waals surface area contributed by atoms with E-state index in [9.17, 15) is 18.0 Å². The lowest BCUT2D eigenvalue weighted by molar-refractivity contribution is -0.139. The predicted octanol–water partition coefficient (Wildman–Crippen LogP) is 6.09. The molecule has 260 valence electrons. The lowest BCUT2D eigenvalue weighted by Gasteiger charge is -2.33. The molecule has 2 amide bonds. The summed E-state index contributed by atoms with van der Waals surface area (Å²) in [5.74, 6) is 0.00985. The van der Waals surface area contributed by atoms with Gasteiger partial charge >= 0.3 is 0 Å². The van der Waals surface area contributed by atoms with Crippen molar-refractivity contribution in [1.29, 1.82) is 0 Å². The molecule has 14 heteroatoms. The van der Waals surface area contributed by atoms with Crippen molar-refractivity contribution in [2.45, 2.75) is 62.6 Å². The number of carbonyl (C=O) groups excluding carboxylic acids is 2. The number of halogens is 2. The molecule has 0 aromatic heterocycles. The van der Waals surface area contributed by atoms with Crippen LogP contribution in [0.4, 0.5) is 5.69 Å². The molecule has 1 aliphatic rings. The van der Waals surface area contributed by atoms with Gasteiger partial charge < -0.3 is 29.2 Å². The molecule has 1 saturated carbocycles. The van der Waals surface area contributed by atoms with E-state index < -0.39 is 28.5 Å². The van der Waals surface area contributed by atoms with E-state index in [1.54, 1.807) is 37.3 Å². The first-order valence-electron chi connectivity index (χ1n) is 15.4. The molecule has 3 aromatic carbocycles. The van der Waals surface area contributed by atoms with E-state index in [0.29, 0.717) is 22.1 Å². The van der Waals surface area contributed by atoms with Crippen LogP contribution < -0.4 is 28.6 Å². The van der Waals surface area contributed by atoms with E-state index >= 15 is 0 Å². The Morgan fingerprint density at radius 2 is 1.50 bits per heavy atom. The number of methoxy groups -OCH3 is 4. The molecule has 3 aromatic rings. The van der Waals surface area contributed by atoms with Crippen LogP contribution in [-0.4, -0.2) is 72.2 Å². The Morgan fingerprint density at radius 1 is 0.833 bits per heavy atom. The standard InChI is InChI=1S/C34H41Cl2N3O8S/c1-22(34(41)37-24-9-7-6-8-10-24)38(20-23-11-14-27(35)28(36)17-23)33(40)21-39(29-18-25(44-2)12-15-30(29)45-3)48(42,43)26-13-16-31(46-4)32(19-26)47-5/h11-19,22,24H,6-10,20-21H2,1-5H3,(H,37,41). The second kappa shape index (κ2) is 16.5. The van der Waals surface area contributed by atoms with E-state index in [4.69, 9.17) is 42.1 Å². The molecule has 48 heavy (non-hydrogen) atoms. The van der Waals surface area contributed by atoms with Crippen LogP contribution in [0.25, 0.3) is 0 Å². The van der Waals surface area contributed by atoms with E-state index in [0.717, 1.165) is 36.4 Å². The molecule has 1 fully saturated rings. The minimum Gasteiger partial charge on any atom is -0.497 e. The van der Waals surface area contributed by atoms with E-state index in [2.05, 4.69) is 5.32 Å². The number of hydrogen-bond donors (Lipinski definition) is 1. The summed E-state index contributed by atoms with van der Waals surface area (Å²) in [7, 11) is 1.18. The van der Waals surface area contributed by atoms with Crippen molar-refractivity contribution in [2.75, 3.05) is 39.3 Å². The summed E-state index contributed by atoms with van der Waals surface area (Å²) in [4.78, 5) is 29.2. The summed E-state index contributed by atoms with van der Waals surface area (Å²) < 4.78 is 51.5. The van der Waals surface area contributed by atoms with E-state index in [-0.39, 0.29) is 45.6 Å². The Morgan fingerprint density at radius 3 is 2.12 bits per heavy atom. The zero-order valence-corrected chi connectivity index (χ0v) is 30.0. The van der Waals surface area contributed by atoms with Crippen LogP contribution >= 0.6 is 23.2 Å². The van der Waals surface area contributed by atoms with Gasteiger partial charge in [0.05, 0.1) is 49.1 Å². The topological polar surface area (TPSA) is 124 Å². The van der Waals surface area contributed by atoms with Crippen LogP contribution in [0.1, 0.15) is 44.6 Å². The van der Waals surface area contributed by atoms with Crippen molar-refractivity contribution in [3.8, 4) is 23.0 Å². The molecule has 1 aliphatic carbocycles. The second-order valence-corrected chi connectivity index (χ2v) is 14.0. The Labute approximate surface area is 292 Å². The van der Waals surface area contributed by atoms with Crippen molar-refractivity contribution in [3.63, 3.8) is 0 Å². The number of nitrogens with zero attached hydrogens (tertiary/aromatic N) is 2. The smallest absolute Gasteiger partial charge is 0.265 e. The molecular weight excluding hydrogens is 681 g/mol. The Kier molecular flexibility index (Phi) is 12.7. The minimum atomic E-state index is -4.48. The van der Waals surface area contributed by atoms with Gasteiger partial charge in [0.15, 0.2) is 11.5 Å². The fourth-order valence-electron chi connectivity index (χ4n) is 5.60. The third-order valence-corrected chi connectivity index (χ3v) is 10.8. The molecule has 0 saturated heterocycles. The van der Waals surface area contributed by atoms with Crippen molar-refractivity contribution in [2.24, 2.45) is 0 Å². The number of nitrogens with one attached hydrogen (secondary N) is 1. The third-order valence-electron chi connectivity index (χ3n) is 8.33. The lowest BCUT2D eigenvalue weighted by atomic mass is 9.95. The van der Waals surface area contributed by atoms with Gasteiger partial charge in [-0.3, -0.25) is 13.9 Å². The highest BCUT2D eigenvalue weighted by atomic mass is 35.5. The average Bonchev–Trinajstić information content (AvgIpc) is 3.10. The molecular formula is C34H41Cl2N3O8S. The molecule has 0 bridgehead atoms. The summed E-state index contributed by atoms with van der Waals surface area (Å²) >= 11 is 12.5. The third kappa shape index (κ3) is 8.58. The molecule has 1 unspecified atom stereocenters. The van der Waals surface area contributed by atoms with Gasteiger partial charge in [0.2, 0.25) is 11.8 Å². The summed E-state index contributed by atoms with van der Waals surface area (Å²) in [6.45, 7) is 0.879. The number of carbonyl (C=O) groups is 2. The van der Waals surface area contributed by atoms with Crippen LogP contribution in [0.2, 0.25) is 10.0 Å². The monoisotopic (exact) mass is 721 g/mol. The maximum atomic E-state index is 14.5. The Hall–Kier alpha value is -3.87. The lowest BCUT2D eigenvalue weighted by Crippen LogP contribution is -2.53. The highest BCUT2D eigenvalue weighted by Gasteiger charge is 2.35. The first kappa shape index (κ1) is 37.0. The second-order valence-electron chi connectivity index (χ2n) is 11.4. The number of hydrogen-bond acceptors (Lipinski definition) is 8. The molecule has 4 rings (SSSR count). The molecule has 0 spiro atoms. The van der Waals surface area contributed by atoms with Gasteiger partial charge in [-0.1, -0.05) is 48.5 Å². The number of benzene rings is 3. The SMILES string of the molecule is COc1ccc(OC)c(N(CC(=O)N(Cc2ccc(Cl)c(Cl)c2)C(C)C(=O)NC2CCCCC2)S(=O)(=O)c2ccc(OC)c(OC)c2)c1. The van der Waals surface area contributed by atoms with Crippen molar-refractivity contribution < 1.29 is 37.0 Å². The van der Waals surface area contributed by atoms with Crippen LogP contribution in [0.3, 0.4) is 0 Å². The van der Waals surface area contributed by atoms with Gasteiger partial charge in [0.25, 0.3) is 10.0 Å². The van der Waals surface area contributed by atoms with Crippen LogP contribution in [0.5, 0.6) is 23.0 Å². The predicted molar refractivity (Wildman–Crippen MR) is 185 cm³/mol. The summed E-state index contributed by atoms with van der Waals surface area (Å²) in [5.41, 5.74) is 0.650. The van der Waals surface area contributed by atoms with Crippen molar-refractivity contribution >= 4 is 50.7 Å². The fourth-order valence-corrected chi connectivity index (χ4v) is 7.35. The highest BCUT2D eigenvalue weighted by Crippen LogP contribution is 2.38. The first-order chi connectivity index (χ1) is 22.9. The number of sulfonamides is 1. The van der Waals surface area contributed by atoms with Gasteiger partial charge in [-0.2, -0.15) is 0 Å². The zero-order valence-electron chi connectivity index (χ0n) is 27.6. The van der Waals surface area contributed by atoms with Gasteiger partial charge in [0.1, 0.15) is 24.1 Å². The zero-order chi connectivity index (χ0) is 35.0. The van der Waals surface area contributed by atoms with Crippen molar-refractivity contribution in [1.82, 2.24) is 10.2 Å². The number of ether oxygens (including phenoxy) is 4. The minimum absolute atomic E-state index is 0.00129. The Balaban J connectivity index is 1.79. The molecule has 0 radical (unpaired) electrons. The molecule has 1 N–H and O–H groups in total. The molecule has 0 aliphatic heterocycles. The molecule has 11 nitrogen and oxygen atoms in total. The van der Waals surface area contributed by atoms with E-state index in [1.807, 2.05) is 0 Å². The van der Waals surface area contributed by atoms with Crippen molar-refractivity contribution in [3.05, 3.63) is 70.2 Å². The number of anilines is 1. The maximum Gasteiger partial charge on any atom is 0.265 e. The van der Waals surface area contributed by atoms with E-state index in [1.165, 1.54) is 57.6 Å². The largest absolute Gasteiger partial charge is 0.497 e. The average molecular weight is 723 g/mol. The molecule has 1 atom stereocenters. The summed E-state index contributed by atoms with van der Waals surface area (Å²) in [6, 6.07) is 12.7. The van der Waals surface area contributed by atoms with Gasteiger partial charge in [-0.15, -0.1) is 0 Å².